The third-order valence-electron chi connectivity index (χ3n) is 3.74. The molecule has 20 heavy (non-hydrogen) atoms. The molecule has 0 saturated carbocycles. The van der Waals surface area contributed by atoms with Crippen LogP contribution in [0.1, 0.15) is 19.8 Å². The van der Waals surface area contributed by atoms with E-state index in [1.165, 1.54) is 0 Å². The summed E-state index contributed by atoms with van der Waals surface area (Å²) in [5, 5.41) is 12.3. The molecular formula is C15H16Cl2N2O. The summed E-state index contributed by atoms with van der Waals surface area (Å²) in [6, 6.07) is 7.41. The molecule has 1 aromatic carbocycles. The zero-order valence-electron chi connectivity index (χ0n) is 11.2. The fourth-order valence-electron chi connectivity index (χ4n) is 2.73. The van der Waals surface area contributed by atoms with E-state index >= 15 is 0 Å². The van der Waals surface area contributed by atoms with Crippen molar-refractivity contribution in [1.29, 1.82) is 0 Å². The van der Waals surface area contributed by atoms with Crippen molar-refractivity contribution in [3.63, 3.8) is 0 Å². The molecule has 0 bridgehead atoms. The molecule has 1 saturated heterocycles. The lowest BCUT2D eigenvalue weighted by molar-refractivity contribution is 0.0447. The third-order valence-corrected chi connectivity index (χ3v) is 4.37. The molecule has 0 amide bonds. The average molecular weight is 311 g/mol. The number of β-amino-alcohol motifs (C(OH)–C–C–N with tert-alkyl or cyclic N) is 1. The smallest absolute Gasteiger partial charge is 0.129 e. The maximum Gasteiger partial charge on any atom is 0.129 e. The van der Waals surface area contributed by atoms with Crippen molar-refractivity contribution < 1.29 is 5.11 Å². The van der Waals surface area contributed by atoms with Gasteiger partial charge in [0.25, 0.3) is 0 Å². The number of benzene rings is 1. The Balaban J connectivity index is 2.03. The number of anilines is 1. The minimum Gasteiger partial charge on any atom is -0.388 e. The number of aliphatic hydroxyl groups is 1. The van der Waals surface area contributed by atoms with E-state index in [0.29, 0.717) is 22.1 Å². The summed E-state index contributed by atoms with van der Waals surface area (Å²) in [6.45, 7) is 3.35. The summed E-state index contributed by atoms with van der Waals surface area (Å²) >= 11 is 12.4. The molecule has 2 aromatic rings. The van der Waals surface area contributed by atoms with Gasteiger partial charge in [0, 0.05) is 18.5 Å². The number of hydrogen-bond donors (Lipinski definition) is 1. The Hall–Kier alpha value is -1.03. The molecule has 1 aromatic heterocycles. The van der Waals surface area contributed by atoms with Crippen LogP contribution < -0.4 is 4.90 Å². The van der Waals surface area contributed by atoms with Gasteiger partial charge in [-0.1, -0.05) is 23.2 Å². The van der Waals surface area contributed by atoms with Gasteiger partial charge in [-0.25, -0.2) is 4.98 Å². The van der Waals surface area contributed by atoms with Crippen LogP contribution in [0, 0.1) is 0 Å². The van der Waals surface area contributed by atoms with E-state index in [2.05, 4.69) is 9.88 Å². The normalized spacial score (nSPS) is 23.3. The van der Waals surface area contributed by atoms with Crippen LogP contribution >= 0.6 is 23.2 Å². The zero-order valence-corrected chi connectivity index (χ0v) is 12.7. The molecule has 1 N–H and O–H groups in total. The fourth-order valence-corrected chi connectivity index (χ4v) is 3.15. The molecule has 3 rings (SSSR count). The quantitative estimate of drug-likeness (QED) is 0.868. The number of pyridine rings is 1. The topological polar surface area (TPSA) is 36.4 Å². The number of aromatic nitrogens is 1. The van der Waals surface area contributed by atoms with Gasteiger partial charge in [0.05, 0.1) is 21.2 Å². The Morgan fingerprint density at radius 3 is 2.70 bits per heavy atom. The number of hydrogen-bond acceptors (Lipinski definition) is 3. The van der Waals surface area contributed by atoms with Gasteiger partial charge in [0.1, 0.15) is 5.82 Å². The molecule has 1 fully saturated rings. The lowest BCUT2D eigenvalue weighted by Crippen LogP contribution is -2.46. The first-order valence-electron chi connectivity index (χ1n) is 6.68. The Morgan fingerprint density at radius 2 is 1.95 bits per heavy atom. The summed E-state index contributed by atoms with van der Waals surface area (Å²) in [6.07, 6.45) is 1.78. The van der Waals surface area contributed by atoms with Crippen molar-refractivity contribution in [2.75, 3.05) is 18.0 Å². The molecule has 1 aliphatic heterocycles. The molecule has 106 valence electrons. The van der Waals surface area contributed by atoms with Crippen LogP contribution in [0.5, 0.6) is 0 Å². The highest BCUT2D eigenvalue weighted by Gasteiger charge is 2.29. The monoisotopic (exact) mass is 310 g/mol. The molecule has 1 aliphatic rings. The summed E-state index contributed by atoms with van der Waals surface area (Å²) in [7, 11) is 0. The highest BCUT2D eigenvalue weighted by atomic mass is 35.5. The summed E-state index contributed by atoms with van der Waals surface area (Å²) < 4.78 is 0. The first kappa shape index (κ1) is 13.9. The highest BCUT2D eigenvalue weighted by Crippen LogP contribution is 2.31. The van der Waals surface area contributed by atoms with E-state index in [-0.39, 0.29) is 0 Å². The largest absolute Gasteiger partial charge is 0.388 e. The molecule has 2 heterocycles. The van der Waals surface area contributed by atoms with Gasteiger partial charge in [0.2, 0.25) is 0 Å². The lowest BCUT2D eigenvalue weighted by atomic mass is 9.95. The van der Waals surface area contributed by atoms with Gasteiger partial charge in [0.15, 0.2) is 0 Å². The number of nitrogens with zero attached hydrogens (tertiary/aromatic N) is 2. The molecule has 5 heteroatoms. The van der Waals surface area contributed by atoms with Crippen molar-refractivity contribution in [2.45, 2.75) is 25.4 Å². The molecule has 3 nitrogen and oxygen atoms in total. The van der Waals surface area contributed by atoms with E-state index < -0.39 is 5.60 Å². The van der Waals surface area contributed by atoms with Gasteiger partial charge in [-0.2, -0.15) is 0 Å². The second kappa shape index (κ2) is 5.06. The van der Waals surface area contributed by atoms with Gasteiger partial charge in [-0.05, 0) is 44.0 Å². The van der Waals surface area contributed by atoms with E-state index in [9.17, 15) is 5.11 Å². The number of fused-ring (bicyclic) bond motifs is 1. The Morgan fingerprint density at radius 1 is 1.20 bits per heavy atom. The van der Waals surface area contributed by atoms with Gasteiger partial charge >= 0.3 is 0 Å². The highest BCUT2D eigenvalue weighted by molar-refractivity contribution is 6.39. The number of rotatable bonds is 1. The number of piperidine rings is 1. The Bertz CT molecular complexity index is 658. The van der Waals surface area contributed by atoms with Crippen LogP contribution in [0.15, 0.2) is 24.3 Å². The van der Waals surface area contributed by atoms with Gasteiger partial charge in [-0.15, -0.1) is 0 Å². The molecule has 0 spiro atoms. The van der Waals surface area contributed by atoms with E-state index in [1.54, 1.807) is 12.1 Å². The minimum absolute atomic E-state index is 0.587. The molecule has 0 radical (unpaired) electrons. The van der Waals surface area contributed by atoms with Crippen LogP contribution in [-0.2, 0) is 0 Å². The summed E-state index contributed by atoms with van der Waals surface area (Å²) in [5.74, 6) is 0.835. The minimum atomic E-state index is -0.660. The standard InChI is InChI=1S/C15H16Cl2N2O/c1-15(20)7-2-8-19(9-15)13-6-3-10-11(16)4-5-12(17)14(10)18-13/h3-6,20H,2,7-9H2,1H3. The first-order valence-corrected chi connectivity index (χ1v) is 7.44. The molecule has 1 unspecified atom stereocenters. The average Bonchev–Trinajstić information content (AvgIpc) is 2.41. The Kier molecular flexibility index (Phi) is 3.53. The van der Waals surface area contributed by atoms with Crippen molar-refractivity contribution in [3.8, 4) is 0 Å². The fraction of sp³-hybridized carbons (Fsp3) is 0.400. The predicted octanol–water partition coefficient (Wildman–Crippen LogP) is 3.89. The SMILES string of the molecule is CC1(O)CCCN(c2ccc3c(Cl)ccc(Cl)c3n2)C1. The summed E-state index contributed by atoms with van der Waals surface area (Å²) in [4.78, 5) is 6.72. The first-order chi connectivity index (χ1) is 9.46. The van der Waals surface area contributed by atoms with Crippen LogP contribution in [0.4, 0.5) is 5.82 Å². The van der Waals surface area contributed by atoms with E-state index in [1.807, 2.05) is 19.1 Å². The van der Waals surface area contributed by atoms with Crippen molar-refractivity contribution >= 4 is 39.9 Å². The van der Waals surface area contributed by atoms with Crippen molar-refractivity contribution in [3.05, 3.63) is 34.3 Å². The second-order valence-corrected chi connectivity index (χ2v) is 6.43. The molecule has 1 atom stereocenters. The summed E-state index contributed by atoms with van der Waals surface area (Å²) in [5.41, 5.74) is 0.0504. The van der Waals surface area contributed by atoms with Crippen LogP contribution in [0.2, 0.25) is 10.0 Å². The van der Waals surface area contributed by atoms with Crippen molar-refractivity contribution in [2.24, 2.45) is 0 Å². The van der Waals surface area contributed by atoms with E-state index in [4.69, 9.17) is 23.2 Å². The molecular weight excluding hydrogens is 295 g/mol. The maximum atomic E-state index is 10.2. The Labute approximate surface area is 128 Å². The second-order valence-electron chi connectivity index (χ2n) is 5.62. The van der Waals surface area contributed by atoms with Gasteiger partial charge in [-0.3, -0.25) is 0 Å². The lowest BCUT2D eigenvalue weighted by Gasteiger charge is -2.37. The maximum absolute atomic E-state index is 10.2. The number of halogens is 2. The van der Waals surface area contributed by atoms with Gasteiger partial charge < -0.3 is 10.0 Å². The zero-order chi connectivity index (χ0) is 14.3. The van der Waals surface area contributed by atoms with Crippen LogP contribution in [-0.4, -0.2) is 28.8 Å². The third kappa shape index (κ3) is 2.58. The molecule has 0 aliphatic carbocycles. The van der Waals surface area contributed by atoms with Crippen molar-refractivity contribution in [1.82, 2.24) is 4.98 Å². The van der Waals surface area contributed by atoms with Crippen LogP contribution in [0.25, 0.3) is 10.9 Å². The predicted molar refractivity (Wildman–Crippen MR) is 83.8 cm³/mol. The van der Waals surface area contributed by atoms with E-state index in [0.717, 1.165) is 30.6 Å². The van der Waals surface area contributed by atoms with Crippen LogP contribution in [0.3, 0.4) is 0 Å².